The molecule has 5 rings (SSSR count). The predicted octanol–water partition coefficient (Wildman–Crippen LogP) is 5.94. The van der Waals surface area contributed by atoms with E-state index in [0.29, 0.717) is 31.6 Å². The standard InChI is InChI=1S/C36H46F2N4O5/c1-6-7-10-23-11-8-12-24-19-41(21-28(23)24)33(46)47-27-18-29(31(44)40-36(22-43)15-16-36)42(20-27)32(45)30(34(2,3)4)39-26-14-9-13-25(17-26)35(5,37)38/h8-9,11-14,17,22,27,29-30,39H,6-7,10,15-16,18-21H2,1-5H3,(H,40,44)/t27-,29+,30-/m1/s1. The molecule has 0 unspecified atom stereocenters. The third kappa shape index (κ3) is 7.76. The number of fused-ring (bicyclic) bond motifs is 1. The summed E-state index contributed by atoms with van der Waals surface area (Å²) >= 11 is 0. The van der Waals surface area contributed by atoms with E-state index in [2.05, 4.69) is 23.6 Å². The van der Waals surface area contributed by atoms with Crippen LogP contribution in [0.5, 0.6) is 0 Å². The number of hydrogen-bond acceptors (Lipinski definition) is 6. The van der Waals surface area contributed by atoms with Gasteiger partial charge in [0.2, 0.25) is 11.8 Å². The Labute approximate surface area is 275 Å². The Hall–Kier alpha value is -4.02. The van der Waals surface area contributed by atoms with Crippen molar-refractivity contribution < 1.29 is 32.7 Å². The van der Waals surface area contributed by atoms with Crippen LogP contribution in [-0.2, 0) is 44.6 Å². The lowest BCUT2D eigenvalue weighted by atomic mass is 9.85. The maximum atomic E-state index is 14.3. The van der Waals surface area contributed by atoms with E-state index in [0.717, 1.165) is 43.6 Å². The molecule has 47 heavy (non-hydrogen) atoms. The average molecular weight is 653 g/mol. The van der Waals surface area contributed by atoms with Crippen LogP contribution in [0.4, 0.5) is 19.3 Å². The number of hydrogen-bond donors (Lipinski definition) is 2. The molecule has 9 nitrogen and oxygen atoms in total. The lowest BCUT2D eigenvalue weighted by molar-refractivity contribution is -0.141. The molecule has 3 aliphatic rings. The van der Waals surface area contributed by atoms with Gasteiger partial charge in [-0.25, -0.2) is 13.6 Å². The van der Waals surface area contributed by atoms with Crippen LogP contribution in [0.2, 0.25) is 0 Å². The van der Waals surface area contributed by atoms with Crippen molar-refractivity contribution in [3.05, 3.63) is 64.7 Å². The van der Waals surface area contributed by atoms with Crippen LogP contribution < -0.4 is 10.6 Å². The van der Waals surface area contributed by atoms with E-state index < -0.39 is 53.0 Å². The van der Waals surface area contributed by atoms with Crippen molar-refractivity contribution in [3.63, 3.8) is 0 Å². The van der Waals surface area contributed by atoms with Crippen LogP contribution in [0.25, 0.3) is 0 Å². The Morgan fingerprint density at radius 3 is 2.45 bits per heavy atom. The summed E-state index contributed by atoms with van der Waals surface area (Å²) in [5.74, 6) is -4.00. The molecule has 2 N–H and O–H groups in total. The predicted molar refractivity (Wildman–Crippen MR) is 174 cm³/mol. The summed E-state index contributed by atoms with van der Waals surface area (Å²) in [6.07, 6.45) is 3.60. The number of benzene rings is 2. The van der Waals surface area contributed by atoms with Crippen molar-refractivity contribution in [2.75, 3.05) is 11.9 Å². The van der Waals surface area contributed by atoms with E-state index in [4.69, 9.17) is 4.74 Å². The van der Waals surface area contributed by atoms with E-state index >= 15 is 0 Å². The lowest BCUT2D eigenvalue weighted by Gasteiger charge is -2.36. The van der Waals surface area contributed by atoms with Crippen LogP contribution >= 0.6 is 0 Å². The number of anilines is 1. The third-order valence-electron chi connectivity index (χ3n) is 9.43. The molecular formula is C36H46F2N4O5. The SMILES string of the molecule is CCCCc1cccc2c1CN(C(=O)O[C@@H]1C[C@@H](C(=O)NC3(C=O)CC3)N(C(=O)[C@@H](Nc3cccc(C(C)(F)F)c3)C(C)(C)C)C1)C2. The molecule has 0 bridgehead atoms. The molecular weight excluding hydrogens is 606 g/mol. The van der Waals surface area contributed by atoms with E-state index in [1.54, 1.807) is 11.0 Å². The first-order chi connectivity index (χ1) is 22.1. The topological polar surface area (TPSA) is 108 Å². The molecule has 11 heteroatoms. The number of amides is 3. The van der Waals surface area contributed by atoms with E-state index in [-0.39, 0.29) is 18.5 Å². The molecule has 2 fully saturated rings. The smallest absolute Gasteiger partial charge is 0.410 e. The van der Waals surface area contributed by atoms with Crippen molar-refractivity contribution in [3.8, 4) is 0 Å². The second-order valence-corrected chi connectivity index (χ2v) is 14.4. The highest BCUT2D eigenvalue weighted by molar-refractivity contribution is 5.94. The maximum Gasteiger partial charge on any atom is 0.410 e. The molecule has 1 saturated heterocycles. The quantitative estimate of drug-likeness (QED) is 0.291. The van der Waals surface area contributed by atoms with Crippen LogP contribution in [0.3, 0.4) is 0 Å². The fraction of sp³-hybridized carbons (Fsp3) is 0.556. The Balaban J connectivity index is 1.35. The van der Waals surface area contributed by atoms with Crippen molar-refractivity contribution in [1.82, 2.24) is 15.1 Å². The maximum absolute atomic E-state index is 14.3. The number of likely N-dealkylation sites (tertiary alicyclic amines) is 1. The third-order valence-corrected chi connectivity index (χ3v) is 9.43. The largest absolute Gasteiger partial charge is 0.444 e. The first kappa shape index (κ1) is 34.3. The highest BCUT2D eigenvalue weighted by Crippen LogP contribution is 2.36. The summed E-state index contributed by atoms with van der Waals surface area (Å²) in [7, 11) is 0. The highest BCUT2D eigenvalue weighted by atomic mass is 19.3. The minimum absolute atomic E-state index is 0.0272. The number of carbonyl (C=O) groups is 4. The van der Waals surface area contributed by atoms with E-state index in [1.165, 1.54) is 28.7 Å². The monoisotopic (exact) mass is 652 g/mol. The molecule has 0 spiro atoms. The number of carbonyl (C=O) groups excluding carboxylic acids is 4. The Kier molecular flexibility index (Phi) is 9.67. The molecule has 3 atom stereocenters. The lowest BCUT2D eigenvalue weighted by Crippen LogP contribution is -2.55. The normalized spacial score (nSPS) is 20.7. The first-order valence-electron chi connectivity index (χ1n) is 16.5. The van der Waals surface area contributed by atoms with Gasteiger partial charge in [0.25, 0.3) is 5.92 Å². The fourth-order valence-electron chi connectivity index (χ4n) is 6.41. The summed E-state index contributed by atoms with van der Waals surface area (Å²) in [6, 6.07) is 9.97. The molecule has 1 aliphatic carbocycles. The van der Waals surface area contributed by atoms with Gasteiger partial charge in [-0.2, -0.15) is 0 Å². The van der Waals surface area contributed by atoms with Gasteiger partial charge in [0.15, 0.2) is 0 Å². The molecule has 0 radical (unpaired) electrons. The Morgan fingerprint density at radius 1 is 1.09 bits per heavy atom. The zero-order valence-corrected chi connectivity index (χ0v) is 27.9. The number of alkyl halides is 2. The van der Waals surface area contributed by atoms with Crippen LogP contribution in [-0.4, -0.2) is 64.3 Å². The van der Waals surface area contributed by atoms with Crippen molar-refractivity contribution >= 4 is 29.9 Å². The van der Waals surface area contributed by atoms with E-state index in [9.17, 15) is 28.0 Å². The molecule has 2 heterocycles. The number of aldehydes is 1. The molecule has 254 valence electrons. The number of halogens is 2. The highest BCUT2D eigenvalue weighted by Gasteiger charge is 2.50. The number of rotatable bonds is 11. The zero-order valence-electron chi connectivity index (χ0n) is 27.9. The van der Waals surface area contributed by atoms with Crippen molar-refractivity contribution in [2.24, 2.45) is 5.41 Å². The molecule has 3 amide bonds. The number of nitrogens with one attached hydrogen (secondary N) is 2. The molecule has 2 aromatic carbocycles. The van der Waals surface area contributed by atoms with Gasteiger partial charge >= 0.3 is 6.09 Å². The second-order valence-electron chi connectivity index (χ2n) is 14.4. The first-order valence-corrected chi connectivity index (χ1v) is 16.5. The number of nitrogens with zero attached hydrogens (tertiary/aromatic N) is 2. The van der Waals surface area contributed by atoms with Crippen molar-refractivity contribution in [2.45, 2.75) is 116 Å². The zero-order chi connectivity index (χ0) is 34.1. The number of ether oxygens (including phenoxy) is 1. The van der Waals surface area contributed by atoms with E-state index in [1.807, 2.05) is 32.9 Å². The van der Waals surface area contributed by atoms with Gasteiger partial charge in [0.1, 0.15) is 24.5 Å². The summed E-state index contributed by atoms with van der Waals surface area (Å²) in [5, 5.41) is 5.94. The minimum atomic E-state index is -3.07. The summed E-state index contributed by atoms with van der Waals surface area (Å²) in [4.78, 5) is 56.1. The molecule has 0 aromatic heterocycles. The van der Waals surface area contributed by atoms with Gasteiger partial charge in [0, 0.05) is 37.7 Å². The molecule has 2 aliphatic heterocycles. The second kappa shape index (κ2) is 13.2. The fourth-order valence-corrected chi connectivity index (χ4v) is 6.41. The summed E-state index contributed by atoms with van der Waals surface area (Å²) in [5.41, 5.74) is 1.96. The molecule has 1 saturated carbocycles. The average Bonchev–Trinajstić information content (AvgIpc) is 3.43. The number of aryl methyl sites for hydroxylation is 1. The summed E-state index contributed by atoms with van der Waals surface area (Å²) < 4.78 is 34.2. The van der Waals surface area contributed by atoms with Gasteiger partial charge in [0.05, 0.1) is 12.1 Å². The Morgan fingerprint density at radius 2 is 1.81 bits per heavy atom. The van der Waals surface area contributed by atoms with Gasteiger partial charge in [-0.05, 0) is 59.9 Å². The minimum Gasteiger partial charge on any atom is -0.444 e. The van der Waals surface area contributed by atoms with Crippen LogP contribution in [0, 0.1) is 5.41 Å². The van der Waals surface area contributed by atoms with Crippen molar-refractivity contribution in [1.29, 1.82) is 0 Å². The van der Waals surface area contributed by atoms with Gasteiger partial charge in [-0.1, -0.05) is 64.4 Å². The number of unbranched alkanes of at least 4 members (excludes halogenated alkanes) is 1. The molecule has 2 aromatic rings. The van der Waals surface area contributed by atoms with Crippen LogP contribution in [0.15, 0.2) is 42.5 Å². The summed E-state index contributed by atoms with van der Waals surface area (Å²) in [6.45, 7) is 9.30. The van der Waals surface area contributed by atoms with Crippen LogP contribution in [0.1, 0.15) is 89.0 Å². The van der Waals surface area contributed by atoms with Gasteiger partial charge in [-0.15, -0.1) is 0 Å². The van der Waals surface area contributed by atoms with Gasteiger partial charge in [-0.3, -0.25) is 14.5 Å². The Bertz CT molecular complexity index is 1510. The van der Waals surface area contributed by atoms with Gasteiger partial charge < -0.3 is 25.1 Å².